The van der Waals surface area contributed by atoms with Gasteiger partial charge in [-0.05, 0) is 59.8 Å². The quantitative estimate of drug-likeness (QED) is 0.127. The van der Waals surface area contributed by atoms with Crippen LogP contribution in [0.1, 0.15) is 0 Å². The van der Waals surface area contributed by atoms with Crippen LogP contribution in [0.15, 0.2) is 206 Å². The summed E-state index contributed by atoms with van der Waals surface area (Å²) in [7, 11) is -0.892. The summed E-state index contributed by atoms with van der Waals surface area (Å²) in [6.45, 7) is 0. The largest absolute Gasteiger partial charge is 0.290 e. The van der Waals surface area contributed by atoms with Crippen LogP contribution in [-0.2, 0) is 24.3 Å². The zero-order valence-electron chi connectivity index (χ0n) is 25.3. The second-order valence-electron chi connectivity index (χ2n) is 10.00. The molecule has 7 rings (SSSR count). The maximum Gasteiger partial charge on any atom is 0.178 e. The van der Waals surface area contributed by atoms with Crippen LogP contribution in [0.2, 0.25) is 0 Å². The fraction of sp³-hybridized carbons (Fsp3) is 0. The van der Waals surface area contributed by atoms with E-state index in [1.54, 1.807) is 12.2 Å². The zero-order chi connectivity index (χ0) is 30.9. The van der Waals surface area contributed by atoms with E-state index < -0.39 is 15.8 Å². The predicted octanol–water partition coefficient (Wildman–Crippen LogP) is 7.77. The van der Waals surface area contributed by atoms with E-state index in [1.807, 2.05) is 6.42 Å². The van der Waals surface area contributed by atoms with Crippen LogP contribution in [0.25, 0.3) is 0 Å². The van der Waals surface area contributed by atoms with Gasteiger partial charge in [-0.3, -0.25) is 4.79 Å². The Labute approximate surface area is 289 Å². The van der Waals surface area contributed by atoms with Gasteiger partial charge in [0.25, 0.3) is 0 Å². The van der Waals surface area contributed by atoms with Gasteiger partial charge in [0.15, 0.2) is 5.78 Å². The molecule has 0 saturated carbocycles. The van der Waals surface area contributed by atoms with Crippen LogP contribution in [0, 0.1) is 6.42 Å². The van der Waals surface area contributed by atoms with E-state index in [2.05, 4.69) is 182 Å². The summed E-state index contributed by atoms with van der Waals surface area (Å²) in [5, 5.41) is 8.39. The van der Waals surface area contributed by atoms with E-state index in [0.717, 1.165) is 0 Å². The molecule has 1 aliphatic rings. The number of hydrogen-bond acceptors (Lipinski definition) is 1. The summed E-state index contributed by atoms with van der Waals surface area (Å²) in [5.74, 6) is 0.0718. The molecule has 0 atom stereocenters. The van der Waals surface area contributed by atoms with Crippen molar-refractivity contribution in [1.29, 1.82) is 0 Å². The molecule has 1 aliphatic carbocycles. The summed E-state index contributed by atoms with van der Waals surface area (Å²) >= 11 is 0. The van der Waals surface area contributed by atoms with Crippen molar-refractivity contribution in [2.45, 2.75) is 0 Å². The van der Waals surface area contributed by atoms with Gasteiger partial charge < -0.3 is 0 Å². The van der Waals surface area contributed by atoms with Crippen molar-refractivity contribution in [3.8, 4) is 0 Å². The van der Waals surface area contributed by atoms with Crippen molar-refractivity contribution in [2.75, 3.05) is 0 Å². The smallest absolute Gasteiger partial charge is 0.178 e. The molecule has 0 N–H and O–H groups in total. The molecule has 0 bridgehead atoms. The molecule has 0 aliphatic heterocycles. The third-order valence-corrected chi connectivity index (χ3v) is 11.7. The Kier molecular flexibility index (Phi) is 14.7. The second kappa shape index (κ2) is 19.5. The average molecular weight is 721 g/mol. The third kappa shape index (κ3) is 10.5. The summed E-state index contributed by atoms with van der Waals surface area (Å²) in [6, 6.07) is 64.7. The molecule has 0 unspecified atom stereocenters. The molecule has 4 heteroatoms. The van der Waals surface area contributed by atoms with Gasteiger partial charge in [0.1, 0.15) is 0 Å². The van der Waals surface area contributed by atoms with E-state index in [1.165, 1.54) is 44.0 Å². The fourth-order valence-electron chi connectivity index (χ4n) is 4.78. The minimum atomic E-state index is -0.446. The first-order chi connectivity index (χ1) is 22.3. The van der Waals surface area contributed by atoms with Gasteiger partial charge in [-0.1, -0.05) is 194 Å². The van der Waals surface area contributed by atoms with Crippen molar-refractivity contribution >= 4 is 53.5 Å². The first-order valence-electron chi connectivity index (χ1n) is 14.9. The van der Waals surface area contributed by atoms with Crippen LogP contribution >= 0.6 is 15.8 Å². The first kappa shape index (κ1) is 34.8. The summed E-state index contributed by atoms with van der Waals surface area (Å²) in [6.07, 6.45) is 8.33. The van der Waals surface area contributed by atoms with Crippen molar-refractivity contribution in [3.05, 3.63) is 213 Å². The van der Waals surface area contributed by atoms with Crippen LogP contribution in [0.5, 0.6) is 0 Å². The summed E-state index contributed by atoms with van der Waals surface area (Å²) in [5.41, 5.74) is 0. The van der Waals surface area contributed by atoms with Gasteiger partial charge >= 0.3 is 0 Å². The van der Waals surface area contributed by atoms with E-state index in [9.17, 15) is 4.79 Å². The van der Waals surface area contributed by atoms with Crippen LogP contribution in [0.3, 0.4) is 0 Å². The van der Waals surface area contributed by atoms with Crippen LogP contribution < -0.4 is 31.8 Å². The summed E-state index contributed by atoms with van der Waals surface area (Å²) in [4.78, 5) is 10.3. The SMILES string of the molecule is O=C1C=C[CH]C=C1.[Rh].c1ccc(P(c2ccccc2)c2ccccc2)cc1.c1ccc(P(c2ccccc2)c2ccccc2)cc1. The van der Waals surface area contributed by atoms with E-state index in [0.29, 0.717) is 0 Å². The minimum Gasteiger partial charge on any atom is -0.290 e. The Morgan fingerprint density at radius 3 is 0.652 bits per heavy atom. The monoisotopic (exact) mass is 720 g/mol. The molecular weight excluding hydrogens is 685 g/mol. The Morgan fingerprint density at radius 1 is 0.304 bits per heavy atom. The van der Waals surface area contributed by atoms with E-state index in [-0.39, 0.29) is 25.3 Å². The van der Waals surface area contributed by atoms with Gasteiger partial charge in [-0.25, -0.2) is 0 Å². The number of allylic oxidation sites excluding steroid dienone is 4. The number of carbonyl (C=O) groups is 1. The Bertz CT molecular complexity index is 1440. The normalized spacial score (nSPS) is 11.5. The van der Waals surface area contributed by atoms with Gasteiger partial charge in [-0.2, -0.15) is 0 Å². The second-order valence-corrected chi connectivity index (χ2v) is 14.4. The molecule has 1 nitrogen and oxygen atoms in total. The number of hydrogen-bond donors (Lipinski definition) is 0. The Morgan fingerprint density at radius 2 is 0.500 bits per heavy atom. The molecule has 6 aromatic rings. The molecule has 0 fully saturated rings. The minimum absolute atomic E-state index is 0. The number of rotatable bonds is 6. The van der Waals surface area contributed by atoms with Gasteiger partial charge in [0, 0.05) is 25.9 Å². The maximum absolute atomic E-state index is 10.3. The van der Waals surface area contributed by atoms with Crippen LogP contribution in [0.4, 0.5) is 0 Å². The number of benzene rings is 6. The summed E-state index contributed by atoms with van der Waals surface area (Å²) < 4.78 is 0. The predicted molar refractivity (Wildman–Crippen MR) is 198 cm³/mol. The number of carbonyl (C=O) groups excluding carboxylic acids is 1. The Balaban J connectivity index is 0.000000170. The van der Waals surface area contributed by atoms with Crippen molar-refractivity contribution in [3.63, 3.8) is 0 Å². The van der Waals surface area contributed by atoms with Crippen molar-refractivity contribution in [2.24, 2.45) is 0 Å². The first-order valence-corrected chi connectivity index (χ1v) is 17.6. The molecule has 228 valence electrons. The third-order valence-electron chi connectivity index (χ3n) is 6.83. The van der Waals surface area contributed by atoms with Crippen molar-refractivity contribution < 1.29 is 24.3 Å². The van der Waals surface area contributed by atoms with Crippen LogP contribution in [-0.4, -0.2) is 5.78 Å². The average Bonchev–Trinajstić information content (AvgIpc) is 3.12. The van der Waals surface area contributed by atoms with Gasteiger partial charge in [0.05, 0.1) is 0 Å². The van der Waals surface area contributed by atoms with E-state index in [4.69, 9.17) is 0 Å². The molecule has 6 aromatic carbocycles. The zero-order valence-corrected chi connectivity index (χ0v) is 28.8. The molecule has 0 saturated heterocycles. The van der Waals surface area contributed by atoms with E-state index >= 15 is 0 Å². The fourth-order valence-corrected chi connectivity index (χ4v) is 9.39. The van der Waals surface area contributed by atoms with Gasteiger partial charge in [0.2, 0.25) is 0 Å². The maximum atomic E-state index is 10.3. The molecule has 46 heavy (non-hydrogen) atoms. The number of ketones is 1. The molecular formula is C42H35OP2Rh. The molecule has 0 amide bonds. The molecule has 0 heterocycles. The Hall–Kier alpha value is -4.05. The van der Waals surface area contributed by atoms with Gasteiger partial charge in [-0.15, -0.1) is 0 Å². The molecule has 0 spiro atoms. The van der Waals surface area contributed by atoms with Crippen molar-refractivity contribution in [1.82, 2.24) is 0 Å². The molecule has 0 aromatic heterocycles. The topological polar surface area (TPSA) is 17.1 Å². The standard InChI is InChI=1S/2C18H15P.C6H5O.Rh/c2*1-4-10-16(11-5-1)19(17-12-6-2-7-13-17)18-14-8-3-9-15-18;7-6-4-2-1-3-5-6;/h2*1-15H;1-5H;. The molecule has 2 radical (unpaired) electrons.